The van der Waals surface area contributed by atoms with E-state index in [1.807, 2.05) is 36.4 Å². The molecule has 0 aliphatic rings. The van der Waals surface area contributed by atoms with E-state index in [0.29, 0.717) is 15.6 Å². The van der Waals surface area contributed by atoms with E-state index in [1.165, 1.54) is 0 Å². The molecular weight excluding hydrogens is 363 g/mol. The minimum atomic E-state index is -1.02. The third-order valence-electron chi connectivity index (χ3n) is 3.34. The number of rotatable bonds is 5. The predicted molar refractivity (Wildman–Crippen MR) is 88.5 cm³/mol. The van der Waals surface area contributed by atoms with Crippen molar-refractivity contribution < 1.29 is 9.59 Å². The fourth-order valence-corrected chi connectivity index (χ4v) is 2.73. The Kier molecular flexibility index (Phi) is 4.70. The highest BCUT2D eigenvalue weighted by molar-refractivity contribution is 14.1. The van der Waals surface area contributed by atoms with Gasteiger partial charge in [0, 0.05) is 15.6 Å². The van der Waals surface area contributed by atoms with Gasteiger partial charge in [0.15, 0.2) is 11.6 Å². The van der Waals surface area contributed by atoms with Gasteiger partial charge >= 0.3 is 0 Å². The molecule has 0 spiro atoms. The maximum atomic E-state index is 12.7. The van der Waals surface area contributed by atoms with Crippen molar-refractivity contribution in [2.45, 2.75) is 6.92 Å². The van der Waals surface area contributed by atoms with E-state index in [4.69, 9.17) is 0 Å². The van der Waals surface area contributed by atoms with Crippen LogP contribution in [-0.4, -0.2) is 16.0 Å². The highest BCUT2D eigenvalue weighted by Crippen LogP contribution is 2.29. The summed E-state index contributed by atoms with van der Waals surface area (Å²) in [6.07, 6.45) is 0. The fourth-order valence-electron chi connectivity index (χ4n) is 2.04. The van der Waals surface area contributed by atoms with Crippen molar-refractivity contribution in [1.82, 2.24) is 0 Å². The Labute approximate surface area is 132 Å². The lowest BCUT2D eigenvalue weighted by atomic mass is 9.78. The summed E-state index contributed by atoms with van der Waals surface area (Å²) in [6.45, 7) is 1.73. The van der Waals surface area contributed by atoms with Gasteiger partial charge < -0.3 is 0 Å². The molecule has 0 fully saturated rings. The van der Waals surface area contributed by atoms with E-state index in [2.05, 4.69) is 22.6 Å². The van der Waals surface area contributed by atoms with E-state index in [1.54, 1.807) is 31.2 Å². The lowest BCUT2D eigenvalue weighted by Gasteiger charge is -2.24. The molecule has 20 heavy (non-hydrogen) atoms. The minimum Gasteiger partial charge on any atom is -0.293 e. The molecule has 2 aromatic rings. The van der Waals surface area contributed by atoms with Gasteiger partial charge in [-0.05, 0) is 6.92 Å². The van der Waals surface area contributed by atoms with E-state index < -0.39 is 5.41 Å². The maximum absolute atomic E-state index is 12.7. The zero-order valence-electron chi connectivity index (χ0n) is 11.2. The average Bonchev–Trinajstić information content (AvgIpc) is 2.54. The van der Waals surface area contributed by atoms with Gasteiger partial charge in [0.2, 0.25) is 0 Å². The Morgan fingerprint density at radius 1 is 0.850 bits per heavy atom. The Morgan fingerprint density at radius 2 is 1.20 bits per heavy atom. The van der Waals surface area contributed by atoms with Crippen LogP contribution in [0, 0.1) is 5.41 Å². The van der Waals surface area contributed by atoms with Crippen LogP contribution in [0.2, 0.25) is 0 Å². The quantitative estimate of drug-likeness (QED) is 0.338. The molecule has 0 atom stereocenters. The molecule has 0 bridgehead atoms. The van der Waals surface area contributed by atoms with Gasteiger partial charge in [-0.25, -0.2) is 0 Å². The summed E-state index contributed by atoms with van der Waals surface area (Å²) in [6, 6.07) is 18.0. The van der Waals surface area contributed by atoms with Crippen LogP contribution in [-0.2, 0) is 0 Å². The molecule has 0 N–H and O–H groups in total. The summed E-state index contributed by atoms with van der Waals surface area (Å²) >= 11 is 2.11. The third kappa shape index (κ3) is 2.82. The molecule has 0 aliphatic carbocycles. The number of alkyl halides is 1. The standard InChI is InChI=1S/C17H15IO2/c1-17(12-18,15(19)13-8-4-2-5-9-13)16(20)14-10-6-3-7-11-14/h2-11H,12H2,1H3. The molecule has 0 amide bonds. The van der Waals surface area contributed by atoms with Crippen LogP contribution in [0.25, 0.3) is 0 Å². The van der Waals surface area contributed by atoms with Gasteiger partial charge in [-0.2, -0.15) is 0 Å². The molecule has 0 saturated heterocycles. The second-order valence-corrected chi connectivity index (χ2v) is 5.62. The average molecular weight is 378 g/mol. The van der Waals surface area contributed by atoms with Gasteiger partial charge in [-0.1, -0.05) is 83.3 Å². The molecule has 0 aromatic heterocycles. The zero-order chi connectivity index (χ0) is 14.6. The molecule has 102 valence electrons. The Morgan fingerprint density at radius 3 is 1.50 bits per heavy atom. The monoisotopic (exact) mass is 378 g/mol. The predicted octanol–water partition coefficient (Wildman–Crippen LogP) is 4.19. The van der Waals surface area contributed by atoms with Gasteiger partial charge in [-0.3, -0.25) is 9.59 Å². The fraction of sp³-hybridized carbons (Fsp3) is 0.176. The number of carbonyl (C=O) groups excluding carboxylic acids is 2. The highest BCUT2D eigenvalue weighted by atomic mass is 127. The van der Waals surface area contributed by atoms with Crippen LogP contribution in [0.3, 0.4) is 0 Å². The zero-order valence-corrected chi connectivity index (χ0v) is 13.3. The van der Waals surface area contributed by atoms with Crippen LogP contribution in [0.5, 0.6) is 0 Å². The number of carbonyl (C=O) groups is 2. The van der Waals surface area contributed by atoms with Gasteiger partial charge in [0.1, 0.15) is 5.41 Å². The summed E-state index contributed by atoms with van der Waals surface area (Å²) in [5.41, 5.74) is 0.135. The van der Waals surface area contributed by atoms with Crippen molar-refractivity contribution >= 4 is 34.2 Å². The van der Waals surface area contributed by atoms with E-state index >= 15 is 0 Å². The number of hydrogen-bond acceptors (Lipinski definition) is 2. The Balaban J connectivity index is 2.39. The summed E-state index contributed by atoms with van der Waals surface area (Å²) in [5, 5.41) is 0. The molecule has 2 nitrogen and oxygen atoms in total. The Hall–Kier alpha value is -1.49. The van der Waals surface area contributed by atoms with E-state index in [-0.39, 0.29) is 11.6 Å². The van der Waals surface area contributed by atoms with Gasteiger partial charge in [-0.15, -0.1) is 0 Å². The molecule has 2 rings (SSSR count). The van der Waals surface area contributed by atoms with E-state index in [0.717, 1.165) is 0 Å². The largest absolute Gasteiger partial charge is 0.293 e. The van der Waals surface area contributed by atoms with Crippen molar-refractivity contribution in [1.29, 1.82) is 0 Å². The highest BCUT2D eigenvalue weighted by Gasteiger charge is 2.40. The van der Waals surface area contributed by atoms with Gasteiger partial charge in [0.05, 0.1) is 0 Å². The van der Waals surface area contributed by atoms with E-state index in [9.17, 15) is 9.59 Å². The first-order valence-corrected chi connectivity index (χ1v) is 7.88. The van der Waals surface area contributed by atoms with Gasteiger partial charge in [0.25, 0.3) is 0 Å². The molecule has 3 heteroatoms. The summed E-state index contributed by atoms with van der Waals surface area (Å²) in [7, 11) is 0. The molecule has 0 saturated carbocycles. The number of Topliss-reactive ketones (excluding diaryl/α,β-unsaturated/α-hetero) is 2. The summed E-state index contributed by atoms with van der Waals surface area (Å²) in [5.74, 6) is -0.247. The lowest BCUT2D eigenvalue weighted by Crippen LogP contribution is -2.38. The normalized spacial score (nSPS) is 11.1. The van der Waals surface area contributed by atoms with Crippen LogP contribution < -0.4 is 0 Å². The second-order valence-electron chi connectivity index (χ2n) is 4.86. The smallest absolute Gasteiger partial charge is 0.177 e. The lowest BCUT2D eigenvalue weighted by molar-refractivity contribution is 0.0721. The van der Waals surface area contributed by atoms with Crippen molar-refractivity contribution in [2.24, 2.45) is 5.41 Å². The summed E-state index contributed by atoms with van der Waals surface area (Å²) in [4.78, 5) is 25.4. The molecule has 0 unspecified atom stereocenters. The minimum absolute atomic E-state index is 0.124. The third-order valence-corrected chi connectivity index (χ3v) is 4.87. The van der Waals surface area contributed by atoms with Crippen LogP contribution in [0.15, 0.2) is 60.7 Å². The molecule has 2 aromatic carbocycles. The van der Waals surface area contributed by atoms with Crippen molar-refractivity contribution in [3.05, 3.63) is 71.8 Å². The molecular formula is C17H15IO2. The number of hydrogen-bond donors (Lipinski definition) is 0. The Bertz CT molecular complexity index is 554. The molecule has 0 aliphatic heterocycles. The molecule has 0 radical (unpaired) electrons. The van der Waals surface area contributed by atoms with Crippen LogP contribution in [0.1, 0.15) is 27.6 Å². The van der Waals surface area contributed by atoms with Crippen LogP contribution >= 0.6 is 22.6 Å². The van der Waals surface area contributed by atoms with Crippen LogP contribution in [0.4, 0.5) is 0 Å². The topological polar surface area (TPSA) is 34.1 Å². The maximum Gasteiger partial charge on any atom is 0.177 e. The summed E-state index contributed by atoms with van der Waals surface area (Å²) < 4.78 is 0.451. The first-order chi connectivity index (χ1) is 9.59. The number of benzene rings is 2. The SMILES string of the molecule is CC(CI)(C(=O)c1ccccc1)C(=O)c1ccccc1. The van der Waals surface area contributed by atoms with Crippen molar-refractivity contribution in [3.63, 3.8) is 0 Å². The van der Waals surface area contributed by atoms with Crippen molar-refractivity contribution in [3.8, 4) is 0 Å². The second kappa shape index (κ2) is 6.31. The first-order valence-electron chi connectivity index (χ1n) is 6.35. The first kappa shape index (κ1) is 14.9. The number of halogens is 1. The number of ketones is 2. The molecule has 0 heterocycles. The van der Waals surface area contributed by atoms with Crippen molar-refractivity contribution in [2.75, 3.05) is 4.43 Å².